The topological polar surface area (TPSA) is 90.5 Å². The normalized spacial score (nSPS) is 17.6. The van der Waals surface area contributed by atoms with E-state index in [4.69, 9.17) is 0 Å². The first-order valence-electron chi connectivity index (χ1n) is 14.7. The van der Waals surface area contributed by atoms with Crippen molar-refractivity contribution >= 4 is 12.1 Å². The van der Waals surface area contributed by atoms with E-state index < -0.39 is 34.5 Å². The van der Waals surface area contributed by atoms with Crippen LogP contribution in [0.1, 0.15) is 96.9 Å². The zero-order valence-corrected chi connectivity index (χ0v) is 25.9. The molecule has 244 valence electrons. The molecule has 7 nitrogen and oxygen atoms in total. The van der Waals surface area contributed by atoms with Crippen molar-refractivity contribution < 1.29 is 31.1 Å². The number of fused-ring (bicyclic) bond motifs is 1. The first-order valence-corrected chi connectivity index (χ1v) is 14.7. The number of allylic oxidation sites excluding steroid dienone is 4. The molecule has 1 unspecified atom stereocenters. The van der Waals surface area contributed by atoms with Gasteiger partial charge in [0.25, 0.3) is 5.56 Å². The average Bonchev–Trinajstić information content (AvgIpc) is 3.23. The van der Waals surface area contributed by atoms with Gasteiger partial charge in [-0.05, 0) is 51.5 Å². The molecule has 1 amide bonds. The lowest BCUT2D eigenvalue weighted by Gasteiger charge is -2.26. The van der Waals surface area contributed by atoms with E-state index in [0.717, 1.165) is 50.9 Å². The Morgan fingerprint density at radius 2 is 1.79 bits per heavy atom. The van der Waals surface area contributed by atoms with Gasteiger partial charge in [0.15, 0.2) is 0 Å². The predicted octanol–water partition coefficient (Wildman–Crippen LogP) is 6.89. The van der Waals surface area contributed by atoms with E-state index in [9.17, 15) is 35.9 Å². The smallest absolute Gasteiger partial charge is 0.342 e. The SMILES string of the molecule is CCCCCN(CCC)C(=O)CNCC1(C)CCc2c1n[nH]c(=O)c2C(F)(F)F.C\C=C(/C=N/C(C)=C/CC)C(F)(F)F. The maximum Gasteiger partial charge on any atom is 0.422 e. The summed E-state index contributed by atoms with van der Waals surface area (Å²) in [7, 11) is 0. The highest BCUT2D eigenvalue weighted by atomic mass is 19.4. The van der Waals surface area contributed by atoms with Crippen LogP contribution in [0.4, 0.5) is 26.3 Å². The van der Waals surface area contributed by atoms with Crippen molar-refractivity contribution in [1.29, 1.82) is 0 Å². The summed E-state index contributed by atoms with van der Waals surface area (Å²) < 4.78 is 76.4. The third-order valence-electron chi connectivity index (χ3n) is 7.08. The molecule has 2 N–H and O–H groups in total. The summed E-state index contributed by atoms with van der Waals surface area (Å²) in [5.74, 6) is -0.00446. The fraction of sp³-hybridized carbons (Fsp3) is 0.667. The zero-order valence-electron chi connectivity index (χ0n) is 25.9. The summed E-state index contributed by atoms with van der Waals surface area (Å²) in [5.41, 5.74) is -2.91. The second-order valence-electron chi connectivity index (χ2n) is 10.8. The predicted molar refractivity (Wildman–Crippen MR) is 157 cm³/mol. The molecular weight excluding hydrogens is 576 g/mol. The molecule has 1 aromatic rings. The average molecular weight is 622 g/mol. The number of amides is 1. The lowest BCUT2D eigenvalue weighted by molar-refractivity contribution is -0.139. The van der Waals surface area contributed by atoms with E-state index in [1.807, 2.05) is 30.8 Å². The van der Waals surface area contributed by atoms with Crippen molar-refractivity contribution in [3.05, 3.63) is 50.6 Å². The second kappa shape index (κ2) is 17.4. The lowest BCUT2D eigenvalue weighted by atomic mass is 9.87. The van der Waals surface area contributed by atoms with Gasteiger partial charge in [-0.15, -0.1) is 0 Å². The van der Waals surface area contributed by atoms with Gasteiger partial charge in [-0.2, -0.15) is 31.4 Å². The number of hydrogen-bond donors (Lipinski definition) is 2. The molecule has 0 fully saturated rings. The number of H-pyrrole nitrogens is 1. The van der Waals surface area contributed by atoms with Crippen molar-refractivity contribution in [3.8, 4) is 0 Å². The van der Waals surface area contributed by atoms with Crippen LogP contribution in [0, 0.1) is 0 Å². The third kappa shape index (κ3) is 11.9. The zero-order chi connectivity index (χ0) is 32.8. The van der Waals surface area contributed by atoms with Gasteiger partial charge in [0.05, 0.1) is 17.8 Å². The fourth-order valence-corrected chi connectivity index (χ4v) is 4.79. The van der Waals surface area contributed by atoms with Gasteiger partial charge in [0.1, 0.15) is 5.56 Å². The molecule has 1 aromatic heterocycles. The summed E-state index contributed by atoms with van der Waals surface area (Å²) in [5, 5.41) is 9.03. The van der Waals surface area contributed by atoms with Crippen LogP contribution in [0.5, 0.6) is 0 Å². The van der Waals surface area contributed by atoms with Gasteiger partial charge in [0.2, 0.25) is 5.91 Å². The van der Waals surface area contributed by atoms with Crippen molar-refractivity contribution in [2.24, 2.45) is 4.99 Å². The molecule has 13 heteroatoms. The van der Waals surface area contributed by atoms with E-state index >= 15 is 0 Å². The van der Waals surface area contributed by atoms with Gasteiger partial charge in [-0.1, -0.05) is 52.7 Å². The fourth-order valence-electron chi connectivity index (χ4n) is 4.79. The summed E-state index contributed by atoms with van der Waals surface area (Å²) in [4.78, 5) is 29.8. The van der Waals surface area contributed by atoms with E-state index in [-0.39, 0.29) is 30.1 Å². The molecular formula is C30H45F6N5O2. The van der Waals surface area contributed by atoms with Gasteiger partial charge in [-0.3, -0.25) is 14.6 Å². The lowest BCUT2D eigenvalue weighted by Crippen LogP contribution is -2.43. The van der Waals surface area contributed by atoms with E-state index in [2.05, 4.69) is 22.3 Å². The van der Waals surface area contributed by atoms with E-state index in [0.29, 0.717) is 25.2 Å². The van der Waals surface area contributed by atoms with Crippen LogP contribution in [0.25, 0.3) is 0 Å². The Bertz CT molecular complexity index is 1190. The second-order valence-corrected chi connectivity index (χ2v) is 10.8. The number of aromatic amines is 1. The minimum Gasteiger partial charge on any atom is -0.342 e. The number of aromatic nitrogens is 2. The highest BCUT2D eigenvalue weighted by Gasteiger charge is 2.45. The maximum absolute atomic E-state index is 13.3. The van der Waals surface area contributed by atoms with Gasteiger partial charge >= 0.3 is 12.4 Å². The Hall–Kier alpha value is -2.96. The van der Waals surface area contributed by atoms with Crippen molar-refractivity contribution in [2.45, 2.75) is 104 Å². The largest absolute Gasteiger partial charge is 0.422 e. The number of unbranched alkanes of at least 4 members (excludes halogenated alkanes) is 2. The molecule has 1 heterocycles. The molecule has 1 atom stereocenters. The summed E-state index contributed by atoms with van der Waals surface area (Å²) >= 11 is 0. The third-order valence-corrected chi connectivity index (χ3v) is 7.08. The number of alkyl halides is 6. The highest BCUT2D eigenvalue weighted by molar-refractivity contribution is 5.80. The van der Waals surface area contributed by atoms with Gasteiger partial charge < -0.3 is 10.2 Å². The Morgan fingerprint density at radius 1 is 1.12 bits per heavy atom. The van der Waals surface area contributed by atoms with Crippen LogP contribution in [-0.2, 0) is 22.8 Å². The standard InChI is InChI=1S/C20H31F3N4O2.C10H14F3N/c1-4-6-7-11-27(10-5-2)15(28)12-24-13-19(3)9-8-14-16(20(21,22)23)18(29)26-25-17(14)19;1-4-6-8(3)14-7-9(5-2)10(11,12)13/h24H,4-13H2,1-3H3,(H,26,29);5-7H,4H2,1-3H3/b;8-6+,9-5+,14-7+. The molecule has 0 aromatic carbocycles. The first kappa shape index (κ1) is 38.1. The van der Waals surface area contributed by atoms with E-state index in [1.165, 1.54) is 6.92 Å². The maximum atomic E-state index is 13.3. The van der Waals surface area contributed by atoms with Crippen molar-refractivity contribution in [1.82, 2.24) is 20.4 Å². The molecule has 0 radical (unpaired) electrons. The minimum atomic E-state index is -4.71. The van der Waals surface area contributed by atoms with Gasteiger partial charge in [-0.25, -0.2) is 5.10 Å². The molecule has 43 heavy (non-hydrogen) atoms. The first-order chi connectivity index (χ1) is 20.0. The Labute approximate surface area is 249 Å². The van der Waals surface area contributed by atoms with Crippen LogP contribution in [-0.4, -0.2) is 59.6 Å². The molecule has 1 aliphatic carbocycles. The molecule has 2 rings (SSSR count). The van der Waals surface area contributed by atoms with Crippen LogP contribution in [0.3, 0.4) is 0 Å². The van der Waals surface area contributed by atoms with Crippen LogP contribution in [0.2, 0.25) is 0 Å². The number of nitrogens with zero attached hydrogens (tertiary/aromatic N) is 3. The molecule has 0 aliphatic heterocycles. The van der Waals surface area contributed by atoms with Crippen molar-refractivity contribution in [3.63, 3.8) is 0 Å². The Kier molecular flexibility index (Phi) is 15.4. The number of aliphatic imine (C=N–C) groups is 1. The highest BCUT2D eigenvalue weighted by Crippen LogP contribution is 2.41. The number of halogens is 6. The number of carbonyl (C=O) groups excluding carboxylic acids is 1. The number of hydrogen-bond acceptors (Lipinski definition) is 5. The van der Waals surface area contributed by atoms with Crippen molar-refractivity contribution in [2.75, 3.05) is 26.2 Å². The van der Waals surface area contributed by atoms with Crippen LogP contribution in [0.15, 0.2) is 33.2 Å². The van der Waals surface area contributed by atoms with Gasteiger partial charge in [0, 0.05) is 37.0 Å². The molecule has 1 aliphatic rings. The number of nitrogens with one attached hydrogen (secondary N) is 2. The molecule has 0 saturated heterocycles. The number of carbonyl (C=O) groups is 1. The summed E-state index contributed by atoms with van der Waals surface area (Å²) in [6, 6.07) is 0. The van der Waals surface area contributed by atoms with Crippen LogP contribution >= 0.6 is 0 Å². The quantitative estimate of drug-likeness (QED) is 0.143. The van der Waals surface area contributed by atoms with Crippen LogP contribution < -0.4 is 10.9 Å². The molecule has 0 bridgehead atoms. The molecule has 0 spiro atoms. The summed E-state index contributed by atoms with van der Waals surface area (Å²) in [6.07, 6.45) is -0.0756. The van der Waals surface area contributed by atoms with E-state index in [1.54, 1.807) is 13.0 Å². The Balaban J connectivity index is 0.000000557. The minimum absolute atomic E-state index is 0.00446. The monoisotopic (exact) mass is 621 g/mol. The summed E-state index contributed by atoms with van der Waals surface area (Å²) in [6.45, 7) is 12.7. The number of rotatable bonds is 13. The Morgan fingerprint density at radius 3 is 2.33 bits per heavy atom. The molecule has 0 saturated carbocycles.